The molecule has 2 unspecified atom stereocenters. The number of carbonyl (C=O) groups is 2. The van der Waals surface area contributed by atoms with Gasteiger partial charge in [0.05, 0.1) is 11.4 Å². The lowest BCUT2D eigenvalue weighted by Gasteiger charge is -2.27. The molecule has 2 heterocycles. The molecule has 0 bridgehead atoms. The average Bonchev–Trinajstić information content (AvgIpc) is 4.04. The van der Waals surface area contributed by atoms with E-state index in [1.807, 2.05) is 39.0 Å². The highest BCUT2D eigenvalue weighted by atomic mass is 79.9. The number of sulfonamides is 1. The van der Waals surface area contributed by atoms with Crippen molar-refractivity contribution in [2.45, 2.75) is 120 Å². The van der Waals surface area contributed by atoms with Gasteiger partial charge in [0.25, 0.3) is 10.0 Å². The second-order valence-electron chi connectivity index (χ2n) is 16.1. The minimum atomic E-state index is -4.41. The molecule has 0 radical (unpaired) electrons. The number of halogens is 1. The fourth-order valence-electron chi connectivity index (χ4n) is 9.27. The van der Waals surface area contributed by atoms with Gasteiger partial charge >= 0.3 is 12.1 Å². The molecule has 0 saturated carbocycles. The van der Waals surface area contributed by atoms with Crippen molar-refractivity contribution in [1.82, 2.24) is 9.44 Å². The van der Waals surface area contributed by atoms with Crippen LogP contribution in [0.15, 0.2) is 64.1 Å². The van der Waals surface area contributed by atoms with Gasteiger partial charge in [0.1, 0.15) is 11.5 Å². The summed E-state index contributed by atoms with van der Waals surface area (Å²) < 4.78 is 44.6. The van der Waals surface area contributed by atoms with Crippen LogP contribution in [0.5, 0.6) is 0 Å². The highest BCUT2D eigenvalue weighted by Crippen LogP contribution is 2.45. The summed E-state index contributed by atoms with van der Waals surface area (Å²) in [4.78, 5) is 26.7. The topological polar surface area (TPSA) is 208 Å². The molecular weight excluding hydrogens is 861 g/mol. The Bertz CT molecular complexity index is 2470. The van der Waals surface area contributed by atoms with Crippen molar-refractivity contribution in [1.29, 1.82) is 0 Å². The monoisotopic (exact) mass is 906 g/mol. The molecular formula is C42H47BrN6O8S2. The Morgan fingerprint density at radius 3 is 2.19 bits per heavy atom. The van der Waals surface area contributed by atoms with E-state index in [4.69, 9.17) is 8.83 Å². The van der Waals surface area contributed by atoms with Crippen molar-refractivity contribution >= 4 is 72.8 Å². The molecule has 6 N–H and O–H groups in total. The number of oxime groups is 2. The number of furan rings is 2. The Morgan fingerprint density at radius 1 is 0.831 bits per heavy atom. The van der Waals surface area contributed by atoms with Crippen LogP contribution in [0.3, 0.4) is 0 Å². The maximum absolute atomic E-state index is 13.4. The van der Waals surface area contributed by atoms with Crippen molar-refractivity contribution in [3.05, 3.63) is 90.8 Å². The summed E-state index contributed by atoms with van der Waals surface area (Å²) in [5.41, 5.74) is 10.0. The zero-order valence-corrected chi connectivity index (χ0v) is 36.3. The van der Waals surface area contributed by atoms with Crippen molar-refractivity contribution in [3.63, 3.8) is 0 Å². The number of anilines is 2. The third-order valence-electron chi connectivity index (χ3n) is 12.0. The largest absolute Gasteiger partial charge is 0.452 e. The van der Waals surface area contributed by atoms with Crippen molar-refractivity contribution in [3.8, 4) is 0 Å². The number of amides is 4. The number of benzene rings is 2. The van der Waals surface area contributed by atoms with Gasteiger partial charge in [0.2, 0.25) is 5.09 Å². The number of urea groups is 2. The molecule has 4 aliphatic carbocycles. The van der Waals surface area contributed by atoms with Crippen molar-refractivity contribution in [2.24, 2.45) is 16.2 Å². The molecule has 14 nitrogen and oxygen atoms in total. The van der Waals surface area contributed by atoms with Crippen LogP contribution in [-0.4, -0.2) is 42.3 Å². The molecule has 0 fully saturated rings. The smallest absolute Gasteiger partial charge is 0.333 e. The quantitative estimate of drug-likeness (QED) is 0.0508. The molecule has 8 rings (SSSR count). The third-order valence-corrected chi connectivity index (χ3v) is 14.8. The predicted molar refractivity (Wildman–Crippen MR) is 228 cm³/mol. The standard InChI is InChI=1S/C42H47BrN6O8S2/c1-21(2)24-8-4-9-25(39(24)45-42(51)49-59(54,55)36-20-30-32(46-52)14-7-15-33(30)57-36)22(3)18-23-16-17-34-31(38(23)47-53)19-35(56-34)58-48-41(50)44-40-28-12-5-10-26(28)37(43)27-11-6-13-29(27)40/h4,8-9,19-23,52-53H,5-7,10-18H2,1-3H3,(H2,44,48,50)(H2,45,49,51)/b46-32+,47-38-. The molecule has 4 amide bonds. The van der Waals surface area contributed by atoms with Gasteiger partial charge < -0.3 is 29.9 Å². The summed E-state index contributed by atoms with van der Waals surface area (Å²) in [7, 11) is -4.41. The first kappa shape index (κ1) is 41.0. The van der Waals surface area contributed by atoms with E-state index >= 15 is 0 Å². The molecule has 312 valence electrons. The number of nitrogens with zero attached hydrogens (tertiary/aromatic N) is 2. The minimum Gasteiger partial charge on any atom is -0.452 e. The van der Waals surface area contributed by atoms with Crippen LogP contribution >= 0.6 is 27.9 Å². The van der Waals surface area contributed by atoms with Gasteiger partial charge in [-0.15, -0.1) is 0 Å². The zero-order chi connectivity index (χ0) is 41.6. The molecule has 17 heteroatoms. The molecule has 0 spiro atoms. The Labute approximate surface area is 355 Å². The first-order valence-corrected chi connectivity index (χ1v) is 23.2. The van der Waals surface area contributed by atoms with Crippen LogP contribution in [0.2, 0.25) is 0 Å². The summed E-state index contributed by atoms with van der Waals surface area (Å²) in [5.74, 6) is 0.720. The predicted octanol–water partition coefficient (Wildman–Crippen LogP) is 9.52. The van der Waals surface area contributed by atoms with Gasteiger partial charge in [0, 0.05) is 69.8 Å². The van der Waals surface area contributed by atoms with E-state index in [1.165, 1.54) is 32.8 Å². The SMILES string of the molecule is CC(C)c1cccc(C(C)CC2CCc3oc(SNC(=O)Nc4c5c(c(Br)c6c4CCC6)CCC5)cc3/C2=N\O)c1NC(=O)NS(=O)(=O)c1cc2c(o1)CCC/C2=N\O. The maximum Gasteiger partial charge on any atom is 0.333 e. The van der Waals surface area contributed by atoms with Crippen molar-refractivity contribution < 1.29 is 37.3 Å². The van der Waals surface area contributed by atoms with E-state index < -0.39 is 21.1 Å². The third kappa shape index (κ3) is 8.00. The molecule has 4 aliphatic rings. The summed E-state index contributed by atoms with van der Waals surface area (Å²) in [5, 5.41) is 32.7. The van der Waals surface area contributed by atoms with Gasteiger partial charge in [-0.3, -0.25) is 4.72 Å². The average molecular weight is 908 g/mol. The Balaban J connectivity index is 0.942. The highest BCUT2D eigenvalue weighted by molar-refractivity contribution is 9.10. The second-order valence-corrected chi connectivity index (χ2v) is 19.3. The summed E-state index contributed by atoms with van der Waals surface area (Å²) in [6.45, 7) is 6.00. The lowest BCUT2D eigenvalue weighted by Crippen LogP contribution is -2.35. The lowest BCUT2D eigenvalue weighted by atomic mass is 9.78. The van der Waals surface area contributed by atoms with Gasteiger partial charge in [-0.05, 0) is 109 Å². The number of nitrogens with one attached hydrogen (secondary N) is 4. The van der Waals surface area contributed by atoms with Crippen LogP contribution in [0.1, 0.15) is 127 Å². The molecule has 0 aliphatic heterocycles. The zero-order valence-electron chi connectivity index (χ0n) is 33.0. The normalized spacial score (nSPS) is 19.0. The minimum absolute atomic E-state index is 0.0112. The van der Waals surface area contributed by atoms with E-state index in [0.717, 1.165) is 67.3 Å². The number of carbonyl (C=O) groups excluding carboxylic acids is 2. The van der Waals surface area contributed by atoms with Crippen LogP contribution in [0.25, 0.3) is 0 Å². The second kappa shape index (κ2) is 16.7. The molecule has 59 heavy (non-hydrogen) atoms. The van der Waals surface area contributed by atoms with Gasteiger partial charge in [-0.1, -0.05) is 65.2 Å². The van der Waals surface area contributed by atoms with E-state index in [9.17, 15) is 28.4 Å². The van der Waals surface area contributed by atoms with Crippen LogP contribution in [-0.2, 0) is 48.5 Å². The number of para-hydroxylation sites is 1. The van der Waals surface area contributed by atoms with Crippen LogP contribution < -0.4 is 20.1 Å². The van der Waals surface area contributed by atoms with Crippen LogP contribution in [0.4, 0.5) is 21.0 Å². The molecule has 0 saturated heterocycles. The number of hydrogen-bond donors (Lipinski definition) is 6. The van der Waals surface area contributed by atoms with E-state index in [1.54, 1.807) is 6.07 Å². The Hall–Kier alpha value is -4.74. The summed E-state index contributed by atoms with van der Waals surface area (Å²) in [6, 6.07) is 7.50. The van der Waals surface area contributed by atoms with Crippen molar-refractivity contribution in [2.75, 3.05) is 10.6 Å². The van der Waals surface area contributed by atoms with Gasteiger partial charge in [-0.25, -0.2) is 14.3 Å². The molecule has 2 atom stereocenters. The Kier molecular flexibility index (Phi) is 11.6. The van der Waals surface area contributed by atoms with Gasteiger partial charge in [-0.2, -0.15) is 8.42 Å². The molecule has 2 aromatic heterocycles. The molecule has 2 aromatic carbocycles. The maximum atomic E-state index is 13.4. The first-order valence-electron chi connectivity index (χ1n) is 20.1. The molecule has 4 aromatic rings. The number of fused-ring (bicyclic) bond motifs is 4. The highest BCUT2D eigenvalue weighted by Gasteiger charge is 2.34. The lowest BCUT2D eigenvalue weighted by molar-refractivity contribution is 0.255. The summed E-state index contributed by atoms with van der Waals surface area (Å²) >= 11 is 4.91. The number of rotatable bonds is 10. The fourth-order valence-corrected chi connectivity index (χ4v) is 11.6. The van der Waals surface area contributed by atoms with Gasteiger partial charge in [0.15, 0.2) is 5.09 Å². The summed E-state index contributed by atoms with van der Waals surface area (Å²) in [6.07, 6.45) is 9.43. The number of aryl methyl sites for hydroxylation is 2. The first-order chi connectivity index (χ1) is 28.4. The van der Waals surface area contributed by atoms with E-state index in [0.29, 0.717) is 83.4 Å². The fraction of sp³-hybridized carbons (Fsp3) is 0.429. The van der Waals surface area contributed by atoms with E-state index in [2.05, 4.69) is 46.3 Å². The Morgan fingerprint density at radius 2 is 1.49 bits per heavy atom. The van der Waals surface area contributed by atoms with E-state index in [-0.39, 0.29) is 23.8 Å². The number of hydrogen-bond acceptors (Lipinski definition) is 11. The van der Waals surface area contributed by atoms with Crippen LogP contribution in [0, 0.1) is 5.92 Å².